The molecule has 1 aromatic rings. The number of pyridine rings is 1. The molecule has 53 valence electrons. The molecule has 1 heterocycles. The number of hydrogen-bond donors (Lipinski definition) is 0. The van der Waals surface area contributed by atoms with Gasteiger partial charge in [0.05, 0.1) is 11.6 Å². The second-order valence-corrected chi connectivity index (χ2v) is 2.25. The maximum absolute atomic E-state index is 5.61. The number of rotatable bonds is 2. The number of methoxy groups -OCH3 is 1. The monoisotopic (exact) mass is 156 g/mol. The van der Waals surface area contributed by atoms with Crippen LogP contribution in [0.15, 0.2) is 12.4 Å². The summed E-state index contributed by atoms with van der Waals surface area (Å²) in [6, 6.07) is 2.89. The minimum atomic E-state index is 0.507. The average Bonchev–Trinajstić information content (AvgIpc) is 1.88. The zero-order valence-electron chi connectivity index (χ0n) is 5.60. The third-order valence-electron chi connectivity index (χ3n) is 0.998. The van der Waals surface area contributed by atoms with Crippen LogP contribution in [0.2, 0.25) is 5.02 Å². The van der Waals surface area contributed by atoms with Crippen LogP contribution in [0.3, 0.4) is 0 Å². The Kier molecular flexibility index (Phi) is 2.66. The van der Waals surface area contributed by atoms with Gasteiger partial charge in [0.2, 0.25) is 0 Å². The minimum Gasteiger partial charge on any atom is -0.380 e. The van der Waals surface area contributed by atoms with Gasteiger partial charge in [0.1, 0.15) is 0 Å². The number of aromatic nitrogens is 1. The minimum absolute atomic E-state index is 0.507. The molecule has 10 heavy (non-hydrogen) atoms. The highest BCUT2D eigenvalue weighted by Gasteiger charge is 1.92. The van der Waals surface area contributed by atoms with Crippen LogP contribution in [0.4, 0.5) is 0 Å². The highest BCUT2D eigenvalue weighted by molar-refractivity contribution is 6.30. The van der Waals surface area contributed by atoms with Crippen LogP contribution in [-0.2, 0) is 11.3 Å². The van der Waals surface area contributed by atoms with Crippen molar-refractivity contribution in [2.45, 2.75) is 6.61 Å². The molecule has 0 saturated heterocycles. The van der Waals surface area contributed by atoms with E-state index < -0.39 is 0 Å². The second-order valence-electron chi connectivity index (χ2n) is 1.84. The summed E-state index contributed by atoms with van der Waals surface area (Å²) >= 11 is 5.61. The fourth-order valence-corrected chi connectivity index (χ4v) is 0.817. The van der Waals surface area contributed by atoms with Crippen LogP contribution < -0.4 is 0 Å². The van der Waals surface area contributed by atoms with E-state index in [1.807, 2.05) is 0 Å². The van der Waals surface area contributed by atoms with Gasteiger partial charge in [-0.05, 0) is 0 Å². The summed E-state index contributed by atoms with van der Waals surface area (Å²) in [4.78, 5) is 3.86. The molecule has 0 amide bonds. The number of nitrogens with zero attached hydrogens (tertiary/aromatic N) is 1. The Labute approximate surface area is 64.8 Å². The lowest BCUT2D eigenvalue weighted by Gasteiger charge is -1.96. The zero-order chi connectivity index (χ0) is 7.40. The molecule has 1 aromatic heterocycles. The van der Waals surface area contributed by atoms with E-state index >= 15 is 0 Å². The maximum Gasteiger partial charge on any atom is 0.0734 e. The summed E-state index contributed by atoms with van der Waals surface area (Å²) in [5, 5.41) is 0.523. The van der Waals surface area contributed by atoms with Gasteiger partial charge in [-0.2, -0.15) is 0 Å². The van der Waals surface area contributed by atoms with Crippen molar-refractivity contribution in [1.82, 2.24) is 4.98 Å². The molecule has 1 radical (unpaired) electrons. The molecule has 0 aromatic carbocycles. The van der Waals surface area contributed by atoms with E-state index in [1.165, 1.54) is 0 Å². The van der Waals surface area contributed by atoms with Gasteiger partial charge in [-0.25, -0.2) is 0 Å². The fourth-order valence-electron chi connectivity index (χ4n) is 0.639. The first-order valence-electron chi connectivity index (χ1n) is 2.83. The van der Waals surface area contributed by atoms with E-state index in [-0.39, 0.29) is 0 Å². The largest absolute Gasteiger partial charge is 0.380 e. The number of halogens is 1. The molecule has 0 atom stereocenters. The normalized spacial score (nSPS) is 9.80. The summed E-state index contributed by atoms with van der Waals surface area (Å²) in [6.07, 6.45) is 3.22. The maximum atomic E-state index is 5.61. The van der Waals surface area contributed by atoms with Crippen molar-refractivity contribution in [2.24, 2.45) is 0 Å². The second kappa shape index (κ2) is 3.54. The van der Waals surface area contributed by atoms with E-state index in [4.69, 9.17) is 16.3 Å². The van der Waals surface area contributed by atoms with Crippen molar-refractivity contribution in [3.8, 4) is 0 Å². The van der Waals surface area contributed by atoms with Gasteiger partial charge in [0, 0.05) is 31.1 Å². The van der Waals surface area contributed by atoms with E-state index in [1.54, 1.807) is 19.5 Å². The van der Waals surface area contributed by atoms with Crippen molar-refractivity contribution >= 4 is 11.6 Å². The quantitative estimate of drug-likeness (QED) is 0.650. The predicted octanol–water partition coefficient (Wildman–Crippen LogP) is 1.68. The summed E-state index contributed by atoms with van der Waals surface area (Å²) < 4.78 is 4.85. The Morgan fingerprint density at radius 2 is 2.50 bits per heavy atom. The Morgan fingerprint density at radius 1 is 1.70 bits per heavy atom. The van der Waals surface area contributed by atoms with Crippen molar-refractivity contribution in [2.75, 3.05) is 7.11 Å². The Balaban J connectivity index is 2.75. The molecule has 0 fully saturated rings. The highest BCUT2D eigenvalue weighted by atomic mass is 35.5. The van der Waals surface area contributed by atoms with Crippen LogP contribution in [0.5, 0.6) is 0 Å². The standard InChI is InChI=1S/C7H7ClNO/c1-10-5-6-2-7(8)4-9-3-6/h3-4H,5H2,1H3. The summed E-state index contributed by atoms with van der Waals surface area (Å²) in [5.41, 5.74) is 0.870. The third-order valence-corrected chi connectivity index (χ3v) is 1.19. The molecule has 0 spiro atoms. The molecule has 0 N–H and O–H groups in total. The Morgan fingerprint density at radius 3 is 3.10 bits per heavy atom. The van der Waals surface area contributed by atoms with Gasteiger partial charge in [0.25, 0.3) is 0 Å². The first kappa shape index (κ1) is 7.51. The molecule has 0 unspecified atom stereocenters. The van der Waals surface area contributed by atoms with Crippen LogP contribution in [0.1, 0.15) is 5.56 Å². The lowest BCUT2D eigenvalue weighted by Crippen LogP contribution is -1.88. The molecular weight excluding hydrogens is 150 g/mol. The lowest BCUT2D eigenvalue weighted by molar-refractivity contribution is 0.184. The molecule has 0 aliphatic carbocycles. The summed E-state index contributed by atoms with van der Waals surface area (Å²) in [7, 11) is 1.62. The first-order valence-corrected chi connectivity index (χ1v) is 3.21. The molecule has 0 saturated carbocycles. The topological polar surface area (TPSA) is 22.1 Å². The van der Waals surface area contributed by atoms with E-state index in [2.05, 4.69) is 11.1 Å². The average molecular weight is 157 g/mol. The molecule has 0 aliphatic heterocycles. The predicted molar refractivity (Wildman–Crippen MR) is 38.8 cm³/mol. The molecule has 0 bridgehead atoms. The molecular formula is C7H7ClNO. The lowest BCUT2D eigenvalue weighted by atomic mass is 10.3. The van der Waals surface area contributed by atoms with E-state index in [0.29, 0.717) is 11.6 Å². The van der Waals surface area contributed by atoms with Gasteiger partial charge in [-0.15, -0.1) is 0 Å². The van der Waals surface area contributed by atoms with Crippen molar-refractivity contribution in [3.63, 3.8) is 0 Å². The van der Waals surface area contributed by atoms with Gasteiger partial charge in [-0.3, -0.25) is 4.98 Å². The summed E-state index contributed by atoms with van der Waals surface area (Å²) in [5.74, 6) is 0. The number of ether oxygens (including phenoxy) is 1. The van der Waals surface area contributed by atoms with E-state index in [9.17, 15) is 0 Å². The molecule has 3 heteroatoms. The van der Waals surface area contributed by atoms with Gasteiger partial charge >= 0.3 is 0 Å². The smallest absolute Gasteiger partial charge is 0.0734 e. The van der Waals surface area contributed by atoms with Crippen molar-refractivity contribution < 1.29 is 4.74 Å². The van der Waals surface area contributed by atoms with Crippen LogP contribution in [-0.4, -0.2) is 12.1 Å². The van der Waals surface area contributed by atoms with Crippen LogP contribution in [0.25, 0.3) is 0 Å². The first-order chi connectivity index (χ1) is 4.83. The van der Waals surface area contributed by atoms with Gasteiger partial charge in [0.15, 0.2) is 0 Å². The van der Waals surface area contributed by atoms with Crippen LogP contribution >= 0.6 is 11.6 Å². The molecule has 0 aliphatic rings. The zero-order valence-corrected chi connectivity index (χ0v) is 6.35. The SMILES string of the molecule is COCc1[c]c(Cl)cnc1. The molecule has 1 rings (SSSR count). The van der Waals surface area contributed by atoms with Crippen LogP contribution in [0, 0.1) is 6.07 Å². The van der Waals surface area contributed by atoms with Gasteiger partial charge in [-0.1, -0.05) is 11.6 Å². The Bertz CT molecular complexity index is 215. The third kappa shape index (κ3) is 1.97. The van der Waals surface area contributed by atoms with E-state index in [0.717, 1.165) is 5.56 Å². The summed E-state index contributed by atoms with van der Waals surface area (Å²) in [6.45, 7) is 0.507. The molecule has 2 nitrogen and oxygen atoms in total. The van der Waals surface area contributed by atoms with Gasteiger partial charge < -0.3 is 4.74 Å². The fraction of sp³-hybridized carbons (Fsp3) is 0.286. The van der Waals surface area contributed by atoms with Crippen molar-refractivity contribution in [1.29, 1.82) is 0 Å². The Hall–Kier alpha value is -0.600. The highest BCUT2D eigenvalue weighted by Crippen LogP contribution is 2.07. The van der Waals surface area contributed by atoms with Crippen molar-refractivity contribution in [3.05, 3.63) is 29.0 Å². The number of hydrogen-bond acceptors (Lipinski definition) is 2.